The number of anilines is 2. The predicted octanol–water partition coefficient (Wildman–Crippen LogP) is 2.44. The maximum absolute atomic E-state index is 11.1. The van der Waals surface area contributed by atoms with E-state index >= 15 is 0 Å². The lowest BCUT2D eigenvalue weighted by Crippen LogP contribution is -2.01. The van der Waals surface area contributed by atoms with E-state index in [-0.39, 0.29) is 32.1 Å². The van der Waals surface area contributed by atoms with Gasteiger partial charge in [0.05, 0.1) is 10.6 Å². The van der Waals surface area contributed by atoms with Crippen molar-refractivity contribution in [3.8, 4) is 5.75 Å². The van der Waals surface area contributed by atoms with Crippen molar-refractivity contribution in [3.63, 3.8) is 0 Å². The molecule has 0 aliphatic heterocycles. The Labute approximate surface area is 177 Å². The Balaban J connectivity index is 0.000000176. The summed E-state index contributed by atoms with van der Waals surface area (Å²) in [4.78, 5) is 3.33. The number of aromatic nitrogens is 1. The molecule has 0 unspecified atom stereocenters. The summed E-state index contributed by atoms with van der Waals surface area (Å²) in [5.41, 5.74) is 11.5. The third-order valence-electron chi connectivity index (χ3n) is 4.27. The molecule has 0 radical (unpaired) electrons. The van der Waals surface area contributed by atoms with Crippen LogP contribution in [-0.2, 0) is 20.2 Å². The molecule has 0 aliphatic rings. The molecule has 7 N–H and O–H groups in total. The summed E-state index contributed by atoms with van der Waals surface area (Å²) in [6, 6.07) is 13.4. The third-order valence-corrected chi connectivity index (χ3v) is 6.01. The average Bonchev–Trinajstić information content (AvgIpc) is 2.69. The van der Waals surface area contributed by atoms with Crippen LogP contribution in [0.4, 0.5) is 11.4 Å². The van der Waals surface area contributed by atoms with Gasteiger partial charge in [-0.05, 0) is 53.2 Å². The minimum atomic E-state index is -4.40. The quantitative estimate of drug-likeness (QED) is 0.167. The highest BCUT2D eigenvalue weighted by Crippen LogP contribution is 2.33. The van der Waals surface area contributed by atoms with E-state index in [9.17, 15) is 21.9 Å². The second kappa shape index (κ2) is 8.00. The van der Waals surface area contributed by atoms with Crippen LogP contribution in [0, 0.1) is 0 Å². The van der Waals surface area contributed by atoms with Gasteiger partial charge in [0.15, 0.2) is 5.75 Å². The van der Waals surface area contributed by atoms with Gasteiger partial charge in [0.25, 0.3) is 20.2 Å². The number of nitrogens with zero attached hydrogens (tertiary/aromatic N) is 1. The first-order chi connectivity index (χ1) is 14.4. The molecule has 0 spiro atoms. The molecule has 0 bridgehead atoms. The second-order valence-electron chi connectivity index (χ2n) is 6.43. The SMILES string of the molecule is Nc1cc(S(=O)(=O)O)c2cccnc2c1O.Nc1ccc2cc(S(=O)(=O)O)ccc2c1. The first-order valence-corrected chi connectivity index (χ1v) is 11.4. The number of phenols is 1. The van der Waals surface area contributed by atoms with Gasteiger partial charge in [0.2, 0.25) is 0 Å². The molecule has 3 aromatic carbocycles. The molecule has 4 rings (SSSR count). The molecule has 0 amide bonds. The van der Waals surface area contributed by atoms with Gasteiger partial charge in [-0.25, -0.2) is 0 Å². The number of hydrogen-bond acceptors (Lipinski definition) is 8. The van der Waals surface area contributed by atoms with Crippen LogP contribution < -0.4 is 11.5 Å². The molecule has 0 atom stereocenters. The highest BCUT2D eigenvalue weighted by atomic mass is 32.2. The number of phenolic OH excluding ortho intramolecular Hbond substituents is 1. The Morgan fingerprint density at radius 2 is 1.45 bits per heavy atom. The molecule has 1 aromatic heterocycles. The first kappa shape index (κ1) is 22.2. The van der Waals surface area contributed by atoms with E-state index in [0.717, 1.165) is 16.8 Å². The topological polar surface area (TPSA) is 194 Å². The Kier molecular flexibility index (Phi) is 5.74. The summed E-state index contributed by atoms with van der Waals surface area (Å²) in [7, 11) is -8.54. The van der Waals surface area contributed by atoms with Crippen molar-refractivity contribution in [1.82, 2.24) is 4.98 Å². The van der Waals surface area contributed by atoms with E-state index in [0.29, 0.717) is 5.69 Å². The Morgan fingerprint density at radius 1 is 0.806 bits per heavy atom. The molecule has 1 heterocycles. The van der Waals surface area contributed by atoms with Crippen LogP contribution in [0.25, 0.3) is 21.7 Å². The first-order valence-electron chi connectivity index (χ1n) is 8.48. The predicted molar refractivity (Wildman–Crippen MR) is 116 cm³/mol. The molecule has 10 nitrogen and oxygen atoms in total. The number of pyridine rings is 1. The largest absolute Gasteiger partial charge is 0.504 e. The van der Waals surface area contributed by atoms with Crippen LogP contribution >= 0.6 is 0 Å². The lowest BCUT2D eigenvalue weighted by atomic mass is 10.1. The molecule has 0 saturated carbocycles. The van der Waals surface area contributed by atoms with Crippen molar-refractivity contribution in [2.24, 2.45) is 0 Å². The molecule has 0 saturated heterocycles. The molecule has 0 fully saturated rings. The van der Waals surface area contributed by atoms with Gasteiger partial charge < -0.3 is 16.6 Å². The van der Waals surface area contributed by atoms with Crippen LogP contribution in [0.15, 0.2) is 70.6 Å². The maximum Gasteiger partial charge on any atom is 0.295 e. The summed E-state index contributed by atoms with van der Waals surface area (Å²) in [5.74, 6) is -0.303. The average molecular weight is 463 g/mol. The van der Waals surface area contributed by atoms with E-state index in [1.807, 2.05) is 0 Å². The molecule has 162 valence electrons. The molecular formula is C19H17N3O7S2. The zero-order valence-corrected chi connectivity index (χ0v) is 17.3. The fourth-order valence-corrected chi connectivity index (χ4v) is 4.07. The maximum atomic E-state index is 11.1. The second-order valence-corrected chi connectivity index (χ2v) is 9.24. The minimum Gasteiger partial charge on any atom is -0.504 e. The highest BCUT2D eigenvalue weighted by molar-refractivity contribution is 7.86. The fourth-order valence-electron chi connectivity index (χ4n) is 2.83. The number of rotatable bonds is 2. The Bertz CT molecular complexity index is 1520. The van der Waals surface area contributed by atoms with E-state index in [1.165, 1.54) is 30.5 Å². The highest BCUT2D eigenvalue weighted by Gasteiger charge is 2.18. The van der Waals surface area contributed by atoms with Gasteiger partial charge in [-0.1, -0.05) is 12.1 Å². The van der Waals surface area contributed by atoms with Crippen molar-refractivity contribution >= 4 is 53.3 Å². The van der Waals surface area contributed by atoms with Crippen molar-refractivity contribution in [2.75, 3.05) is 11.5 Å². The monoisotopic (exact) mass is 463 g/mol. The van der Waals surface area contributed by atoms with Gasteiger partial charge in [-0.3, -0.25) is 14.1 Å². The standard InChI is InChI=1S/C10H9NO3S.C9H8N2O4S/c11-9-3-1-8-6-10(15(12,13)14)4-2-7(8)5-9;10-6-4-7(16(13,14)15)5-2-1-3-11-8(5)9(6)12/h1-6H,11H2,(H,12,13,14);1-4,12H,10H2,(H,13,14,15). The zero-order chi connectivity index (χ0) is 23.0. The van der Waals surface area contributed by atoms with Crippen LogP contribution in [0.5, 0.6) is 5.75 Å². The van der Waals surface area contributed by atoms with E-state index < -0.39 is 20.2 Å². The molecular weight excluding hydrogens is 446 g/mol. The van der Waals surface area contributed by atoms with Gasteiger partial charge in [0.1, 0.15) is 10.4 Å². The summed E-state index contributed by atoms with van der Waals surface area (Å²) in [6.07, 6.45) is 1.38. The van der Waals surface area contributed by atoms with Crippen molar-refractivity contribution < 1.29 is 31.0 Å². The van der Waals surface area contributed by atoms with Crippen LogP contribution in [-0.4, -0.2) is 36.0 Å². The summed E-state index contributed by atoms with van der Waals surface area (Å²) >= 11 is 0. The van der Waals surface area contributed by atoms with E-state index in [4.69, 9.17) is 20.6 Å². The molecule has 4 aromatic rings. The number of aromatic hydroxyl groups is 1. The van der Waals surface area contributed by atoms with Gasteiger partial charge >= 0.3 is 0 Å². The van der Waals surface area contributed by atoms with E-state index in [2.05, 4.69) is 4.98 Å². The minimum absolute atomic E-state index is 0.0372. The normalized spacial score (nSPS) is 11.8. The summed E-state index contributed by atoms with van der Waals surface area (Å²) < 4.78 is 61.8. The number of nitrogens with two attached hydrogens (primary N) is 2. The van der Waals surface area contributed by atoms with E-state index in [1.54, 1.807) is 24.3 Å². The fraction of sp³-hybridized carbons (Fsp3) is 0. The lowest BCUT2D eigenvalue weighted by Gasteiger charge is -2.07. The molecule has 31 heavy (non-hydrogen) atoms. The number of hydrogen-bond donors (Lipinski definition) is 5. The van der Waals surface area contributed by atoms with Crippen LogP contribution in [0.1, 0.15) is 0 Å². The van der Waals surface area contributed by atoms with Crippen LogP contribution in [0.2, 0.25) is 0 Å². The molecule has 0 aliphatic carbocycles. The van der Waals surface area contributed by atoms with Crippen molar-refractivity contribution in [1.29, 1.82) is 0 Å². The van der Waals surface area contributed by atoms with Gasteiger partial charge in [-0.15, -0.1) is 0 Å². The van der Waals surface area contributed by atoms with Crippen LogP contribution in [0.3, 0.4) is 0 Å². The van der Waals surface area contributed by atoms with Gasteiger partial charge in [-0.2, -0.15) is 16.8 Å². The number of fused-ring (bicyclic) bond motifs is 2. The number of nitrogen functional groups attached to an aromatic ring is 2. The lowest BCUT2D eigenvalue weighted by molar-refractivity contribution is 0.479. The molecule has 12 heteroatoms. The summed E-state index contributed by atoms with van der Waals surface area (Å²) in [5, 5.41) is 11.3. The Morgan fingerprint density at radius 3 is 2.10 bits per heavy atom. The van der Waals surface area contributed by atoms with Crippen molar-refractivity contribution in [2.45, 2.75) is 9.79 Å². The zero-order valence-electron chi connectivity index (χ0n) is 15.7. The Hall–Kier alpha value is -3.45. The van der Waals surface area contributed by atoms with Crippen molar-refractivity contribution in [3.05, 3.63) is 60.8 Å². The third kappa shape index (κ3) is 4.83. The smallest absolute Gasteiger partial charge is 0.295 e. The summed E-state index contributed by atoms with van der Waals surface area (Å²) in [6.45, 7) is 0. The van der Waals surface area contributed by atoms with Gasteiger partial charge in [0, 0.05) is 17.3 Å². The number of benzene rings is 3.